The van der Waals surface area contributed by atoms with Crippen LogP contribution in [0.2, 0.25) is 5.02 Å². The summed E-state index contributed by atoms with van der Waals surface area (Å²) < 4.78 is 5.79. The molecule has 7 heteroatoms. The third kappa shape index (κ3) is 5.76. The van der Waals surface area contributed by atoms with E-state index in [0.29, 0.717) is 35.9 Å². The number of rotatable bonds is 9. The first-order chi connectivity index (χ1) is 14.9. The fourth-order valence-electron chi connectivity index (χ4n) is 3.91. The highest BCUT2D eigenvalue weighted by molar-refractivity contribution is 6.31. The monoisotopic (exact) mass is 444 g/mol. The minimum atomic E-state index is -1.02. The molecule has 1 aliphatic rings. The lowest BCUT2D eigenvalue weighted by molar-refractivity contribution is -0.132. The molecule has 1 unspecified atom stereocenters. The third-order valence-electron chi connectivity index (χ3n) is 5.62. The predicted molar refractivity (Wildman–Crippen MR) is 120 cm³/mol. The molecule has 1 aromatic carbocycles. The van der Waals surface area contributed by atoms with Gasteiger partial charge in [0.2, 0.25) is 5.91 Å². The summed E-state index contributed by atoms with van der Waals surface area (Å²) in [5, 5.41) is 10.3. The lowest BCUT2D eigenvalue weighted by atomic mass is 10.1. The molecule has 31 heavy (non-hydrogen) atoms. The smallest absolute Gasteiger partial charge is 0.337 e. The summed E-state index contributed by atoms with van der Waals surface area (Å²) in [5.41, 5.74) is 2.31. The van der Waals surface area contributed by atoms with Gasteiger partial charge in [0.25, 0.3) is 0 Å². The Balaban J connectivity index is 1.74. The molecular formula is C24H29ClN2O4. The molecule has 166 valence electrons. The molecule has 1 aromatic heterocycles. The van der Waals surface area contributed by atoms with Crippen LogP contribution in [0.1, 0.15) is 72.4 Å². The first-order valence-corrected chi connectivity index (χ1v) is 11.2. The van der Waals surface area contributed by atoms with E-state index in [-0.39, 0.29) is 17.5 Å². The second-order valence-electron chi connectivity index (χ2n) is 7.89. The van der Waals surface area contributed by atoms with Crippen LogP contribution in [0, 0.1) is 6.92 Å². The Labute approximate surface area is 188 Å². The molecule has 6 nitrogen and oxygen atoms in total. The van der Waals surface area contributed by atoms with Gasteiger partial charge >= 0.3 is 5.97 Å². The van der Waals surface area contributed by atoms with Gasteiger partial charge in [0.05, 0.1) is 29.6 Å². The van der Waals surface area contributed by atoms with Gasteiger partial charge in [-0.15, -0.1) is 0 Å². The van der Waals surface area contributed by atoms with Crippen molar-refractivity contribution in [2.75, 3.05) is 13.2 Å². The van der Waals surface area contributed by atoms with E-state index in [0.717, 1.165) is 43.5 Å². The van der Waals surface area contributed by atoms with Crippen molar-refractivity contribution in [1.82, 2.24) is 9.88 Å². The van der Waals surface area contributed by atoms with Gasteiger partial charge in [0, 0.05) is 24.4 Å². The molecule has 2 aromatic rings. The highest BCUT2D eigenvalue weighted by atomic mass is 35.5. The third-order valence-corrected chi connectivity index (χ3v) is 6.05. The lowest BCUT2D eigenvalue weighted by Gasteiger charge is -2.25. The fraction of sp³-hybridized carbons (Fsp3) is 0.458. The molecule has 3 rings (SSSR count). The highest BCUT2D eigenvalue weighted by Gasteiger charge is 2.31. The van der Waals surface area contributed by atoms with Crippen molar-refractivity contribution in [3.05, 3.63) is 57.9 Å². The second-order valence-corrected chi connectivity index (χ2v) is 8.30. The number of ether oxygens (including phenoxy) is 1. The van der Waals surface area contributed by atoms with Crippen molar-refractivity contribution in [2.45, 2.75) is 58.4 Å². The van der Waals surface area contributed by atoms with Gasteiger partial charge in [0.15, 0.2) is 0 Å². The molecule has 0 saturated carbocycles. The highest BCUT2D eigenvalue weighted by Crippen LogP contribution is 2.32. The van der Waals surface area contributed by atoms with Gasteiger partial charge in [-0.1, -0.05) is 24.9 Å². The molecule has 0 bridgehead atoms. The Kier molecular flexibility index (Phi) is 7.91. The summed E-state index contributed by atoms with van der Waals surface area (Å²) in [6.45, 7) is 4.99. The standard InChI is InChI=1S/C24H29ClN2O4/c1-3-4-7-23(28)27-13-5-6-22(27)21-11-9-18(24(29)30)20(26-21)12-14-31-17-8-10-19(25)16(2)15-17/h8-11,15,22H,3-7,12-14H2,1-2H3,(H,29,30). The second kappa shape index (κ2) is 10.6. The maximum Gasteiger partial charge on any atom is 0.337 e. The predicted octanol–water partition coefficient (Wildman–Crippen LogP) is 5.22. The first-order valence-electron chi connectivity index (χ1n) is 10.8. The number of hydrogen-bond donors (Lipinski definition) is 1. The summed E-state index contributed by atoms with van der Waals surface area (Å²) >= 11 is 6.05. The fourth-order valence-corrected chi connectivity index (χ4v) is 4.02. The van der Waals surface area contributed by atoms with E-state index in [1.165, 1.54) is 0 Å². The maximum absolute atomic E-state index is 12.6. The molecule has 1 aliphatic heterocycles. The molecule has 1 N–H and O–H groups in total. The number of hydrogen-bond acceptors (Lipinski definition) is 4. The molecule has 1 saturated heterocycles. The van der Waals surface area contributed by atoms with Gasteiger partial charge in [-0.25, -0.2) is 4.79 Å². The Bertz CT molecular complexity index is 947. The summed E-state index contributed by atoms with van der Waals surface area (Å²) in [6, 6.07) is 8.66. The lowest BCUT2D eigenvalue weighted by Crippen LogP contribution is -2.31. The van der Waals surface area contributed by atoms with E-state index >= 15 is 0 Å². The van der Waals surface area contributed by atoms with E-state index < -0.39 is 5.97 Å². The molecular weight excluding hydrogens is 416 g/mol. The molecule has 0 spiro atoms. The number of aryl methyl sites for hydroxylation is 1. The van der Waals surface area contributed by atoms with E-state index in [4.69, 9.17) is 16.3 Å². The molecule has 0 radical (unpaired) electrons. The molecule has 1 amide bonds. The Morgan fingerprint density at radius 3 is 2.81 bits per heavy atom. The minimum absolute atomic E-state index is 0.0919. The maximum atomic E-state index is 12.6. The average Bonchev–Trinajstić information content (AvgIpc) is 3.24. The van der Waals surface area contributed by atoms with Gasteiger partial charge in [-0.2, -0.15) is 0 Å². The van der Waals surface area contributed by atoms with Gasteiger partial charge in [-0.3, -0.25) is 9.78 Å². The zero-order valence-electron chi connectivity index (χ0n) is 18.1. The number of halogens is 1. The zero-order chi connectivity index (χ0) is 22.4. The van der Waals surface area contributed by atoms with E-state index in [9.17, 15) is 14.7 Å². The van der Waals surface area contributed by atoms with Crippen molar-refractivity contribution >= 4 is 23.5 Å². The van der Waals surface area contributed by atoms with Crippen molar-refractivity contribution in [3.63, 3.8) is 0 Å². The Hall–Kier alpha value is -2.60. The largest absolute Gasteiger partial charge is 0.493 e. The Morgan fingerprint density at radius 1 is 1.29 bits per heavy atom. The van der Waals surface area contributed by atoms with Crippen LogP contribution in [-0.4, -0.2) is 40.0 Å². The van der Waals surface area contributed by atoms with Crippen molar-refractivity contribution in [3.8, 4) is 5.75 Å². The van der Waals surface area contributed by atoms with E-state index in [2.05, 4.69) is 11.9 Å². The van der Waals surface area contributed by atoms with Crippen LogP contribution in [0.3, 0.4) is 0 Å². The van der Waals surface area contributed by atoms with Crippen LogP contribution in [-0.2, 0) is 11.2 Å². The average molecular weight is 445 g/mol. The number of carbonyl (C=O) groups is 2. The van der Waals surface area contributed by atoms with Gasteiger partial charge in [-0.05, 0) is 62.1 Å². The molecule has 0 aliphatic carbocycles. The van der Waals surface area contributed by atoms with Crippen LogP contribution >= 0.6 is 11.6 Å². The first kappa shape index (κ1) is 23.1. The topological polar surface area (TPSA) is 79.7 Å². The van der Waals surface area contributed by atoms with Crippen LogP contribution in [0.15, 0.2) is 30.3 Å². The quantitative estimate of drug-likeness (QED) is 0.573. The summed E-state index contributed by atoms with van der Waals surface area (Å²) in [4.78, 5) is 30.9. The van der Waals surface area contributed by atoms with E-state index in [1.54, 1.807) is 24.3 Å². The number of nitrogens with zero attached hydrogens (tertiary/aromatic N) is 2. The van der Waals surface area contributed by atoms with Crippen molar-refractivity contribution in [2.24, 2.45) is 0 Å². The van der Waals surface area contributed by atoms with Crippen LogP contribution in [0.4, 0.5) is 0 Å². The van der Waals surface area contributed by atoms with Crippen LogP contribution in [0.25, 0.3) is 0 Å². The van der Waals surface area contributed by atoms with Crippen LogP contribution in [0.5, 0.6) is 5.75 Å². The number of aromatic carboxylic acids is 1. The number of carbonyl (C=O) groups excluding carboxylic acids is 1. The molecule has 1 atom stereocenters. The molecule has 1 fully saturated rings. The minimum Gasteiger partial charge on any atom is -0.493 e. The summed E-state index contributed by atoms with van der Waals surface area (Å²) in [6.07, 6.45) is 4.53. The SMILES string of the molecule is CCCCC(=O)N1CCCC1c1ccc(C(=O)O)c(CCOc2ccc(Cl)c(C)c2)n1. The Morgan fingerprint density at radius 2 is 2.10 bits per heavy atom. The molecule has 2 heterocycles. The zero-order valence-corrected chi connectivity index (χ0v) is 18.8. The number of pyridine rings is 1. The van der Waals surface area contributed by atoms with Crippen LogP contribution < -0.4 is 4.74 Å². The van der Waals surface area contributed by atoms with E-state index in [1.807, 2.05) is 17.9 Å². The number of aromatic nitrogens is 1. The number of carboxylic acid groups (broad SMARTS) is 1. The van der Waals surface area contributed by atoms with Crippen molar-refractivity contribution < 1.29 is 19.4 Å². The van der Waals surface area contributed by atoms with Gasteiger partial charge in [0.1, 0.15) is 5.75 Å². The normalized spacial score (nSPS) is 15.8. The van der Waals surface area contributed by atoms with Gasteiger partial charge < -0.3 is 14.7 Å². The number of likely N-dealkylation sites (tertiary alicyclic amines) is 1. The summed E-state index contributed by atoms with van der Waals surface area (Å²) in [5.74, 6) is -0.187. The number of carboxylic acids is 1. The number of amides is 1. The number of unbranched alkanes of at least 4 members (excludes halogenated alkanes) is 1. The van der Waals surface area contributed by atoms with Crippen molar-refractivity contribution in [1.29, 1.82) is 0 Å². The number of benzene rings is 1. The summed E-state index contributed by atoms with van der Waals surface area (Å²) in [7, 11) is 0.